The summed E-state index contributed by atoms with van der Waals surface area (Å²) in [5, 5.41) is 2.45. The molecule has 0 aliphatic heterocycles. The predicted octanol–water partition coefficient (Wildman–Crippen LogP) is 4.50. The van der Waals surface area contributed by atoms with E-state index >= 15 is 0 Å². The summed E-state index contributed by atoms with van der Waals surface area (Å²) in [6, 6.07) is 12.0. The van der Waals surface area contributed by atoms with E-state index in [2.05, 4.69) is 10.1 Å². The molecule has 0 atom stereocenters. The van der Waals surface area contributed by atoms with E-state index in [-0.39, 0.29) is 5.75 Å². The summed E-state index contributed by atoms with van der Waals surface area (Å²) in [5.74, 6) is 0.00153. The van der Waals surface area contributed by atoms with E-state index in [1.165, 1.54) is 12.1 Å². The van der Waals surface area contributed by atoms with Gasteiger partial charge in [-0.3, -0.25) is 5.32 Å². The van der Waals surface area contributed by atoms with Gasteiger partial charge in [0.25, 0.3) is 0 Å². The van der Waals surface area contributed by atoms with Gasteiger partial charge in [-0.25, -0.2) is 4.79 Å². The monoisotopic (exact) mass is 311 g/mol. The summed E-state index contributed by atoms with van der Waals surface area (Å²) in [4.78, 5) is 11.7. The van der Waals surface area contributed by atoms with Crippen LogP contribution in [0.1, 0.15) is 5.56 Å². The second-order valence-electron chi connectivity index (χ2n) is 4.35. The lowest BCUT2D eigenvalue weighted by atomic mass is 10.2. The second kappa shape index (κ2) is 6.38. The normalized spacial score (nSPS) is 10.9. The molecule has 2 aromatic carbocycles. The van der Waals surface area contributed by atoms with E-state index in [9.17, 15) is 18.0 Å². The summed E-state index contributed by atoms with van der Waals surface area (Å²) in [5.41, 5.74) is 0.738. The minimum atomic E-state index is -4.76. The Morgan fingerprint density at radius 1 is 1.05 bits per heavy atom. The topological polar surface area (TPSA) is 47.6 Å². The average Bonchev–Trinajstić information content (AvgIpc) is 2.41. The first-order valence-electron chi connectivity index (χ1n) is 6.24. The van der Waals surface area contributed by atoms with Gasteiger partial charge < -0.3 is 9.47 Å². The maximum Gasteiger partial charge on any atom is 0.573 e. The van der Waals surface area contributed by atoms with Gasteiger partial charge in [0, 0.05) is 5.69 Å². The average molecular weight is 311 g/mol. The number of alkyl halides is 3. The van der Waals surface area contributed by atoms with E-state index in [0.29, 0.717) is 17.0 Å². The summed E-state index contributed by atoms with van der Waals surface area (Å²) in [6.45, 7) is 1.54. The van der Waals surface area contributed by atoms with Crippen LogP contribution in [-0.4, -0.2) is 12.5 Å². The van der Waals surface area contributed by atoms with Crippen LogP contribution in [0.4, 0.5) is 23.7 Å². The highest BCUT2D eigenvalue weighted by Gasteiger charge is 2.31. The van der Waals surface area contributed by atoms with Gasteiger partial charge >= 0.3 is 12.5 Å². The predicted molar refractivity (Wildman–Crippen MR) is 74.0 cm³/mol. The lowest BCUT2D eigenvalue weighted by molar-refractivity contribution is -0.274. The minimum absolute atomic E-state index is 0.329. The number of anilines is 1. The zero-order chi connectivity index (χ0) is 16.2. The standard InChI is InChI=1S/C15H12F3NO3/c1-10-9-12(22-15(16,17)18)7-8-13(10)19-14(20)21-11-5-3-2-4-6-11/h2-9H,1H3,(H,19,20). The van der Waals surface area contributed by atoms with Crippen LogP contribution in [0, 0.1) is 6.92 Å². The van der Waals surface area contributed by atoms with Crippen molar-refractivity contribution in [2.24, 2.45) is 0 Å². The van der Waals surface area contributed by atoms with Gasteiger partial charge in [-0.05, 0) is 42.8 Å². The van der Waals surface area contributed by atoms with E-state index in [1.54, 1.807) is 37.3 Å². The molecule has 0 radical (unpaired) electrons. The van der Waals surface area contributed by atoms with Crippen molar-refractivity contribution in [1.82, 2.24) is 0 Å². The lowest BCUT2D eigenvalue weighted by Gasteiger charge is -2.12. The van der Waals surface area contributed by atoms with Crippen LogP contribution in [0.2, 0.25) is 0 Å². The smallest absolute Gasteiger partial charge is 0.410 e. The second-order valence-corrected chi connectivity index (χ2v) is 4.35. The van der Waals surface area contributed by atoms with Crippen molar-refractivity contribution in [3.05, 3.63) is 54.1 Å². The molecule has 4 nitrogen and oxygen atoms in total. The maximum atomic E-state index is 12.1. The number of hydrogen-bond donors (Lipinski definition) is 1. The highest BCUT2D eigenvalue weighted by molar-refractivity contribution is 5.87. The third-order valence-electron chi connectivity index (χ3n) is 2.62. The van der Waals surface area contributed by atoms with Gasteiger partial charge in [0.15, 0.2) is 0 Å². The summed E-state index contributed by atoms with van der Waals surface area (Å²) in [6.07, 6.45) is -5.49. The Labute approximate surface area is 124 Å². The van der Waals surface area contributed by atoms with Crippen molar-refractivity contribution < 1.29 is 27.4 Å². The van der Waals surface area contributed by atoms with Crippen molar-refractivity contribution in [1.29, 1.82) is 0 Å². The van der Waals surface area contributed by atoms with Crippen molar-refractivity contribution in [2.45, 2.75) is 13.3 Å². The Morgan fingerprint density at radius 2 is 1.73 bits per heavy atom. The van der Waals surface area contributed by atoms with Crippen molar-refractivity contribution in [3.63, 3.8) is 0 Å². The fourth-order valence-electron chi connectivity index (χ4n) is 1.70. The molecular formula is C15H12F3NO3. The molecule has 2 rings (SSSR count). The van der Waals surface area contributed by atoms with Gasteiger partial charge in [-0.1, -0.05) is 18.2 Å². The van der Waals surface area contributed by atoms with Crippen LogP contribution in [-0.2, 0) is 0 Å². The molecule has 0 heterocycles. The van der Waals surface area contributed by atoms with Crippen molar-refractivity contribution in [3.8, 4) is 11.5 Å². The number of rotatable bonds is 3. The SMILES string of the molecule is Cc1cc(OC(F)(F)F)ccc1NC(=O)Oc1ccccc1. The molecule has 0 unspecified atom stereocenters. The molecule has 0 aliphatic carbocycles. The largest absolute Gasteiger partial charge is 0.573 e. The molecule has 116 valence electrons. The Kier molecular flexibility index (Phi) is 4.55. The van der Waals surface area contributed by atoms with Gasteiger partial charge in [0.2, 0.25) is 0 Å². The molecule has 0 aromatic heterocycles. The first-order valence-corrected chi connectivity index (χ1v) is 6.24. The fraction of sp³-hybridized carbons (Fsp3) is 0.133. The van der Waals surface area contributed by atoms with Crippen LogP contribution < -0.4 is 14.8 Å². The van der Waals surface area contributed by atoms with Crippen LogP contribution in [0.5, 0.6) is 11.5 Å². The van der Waals surface area contributed by atoms with Gasteiger partial charge in [-0.2, -0.15) is 0 Å². The molecule has 0 aliphatic rings. The zero-order valence-corrected chi connectivity index (χ0v) is 11.5. The highest BCUT2D eigenvalue weighted by atomic mass is 19.4. The maximum absolute atomic E-state index is 12.1. The van der Waals surface area contributed by atoms with Gasteiger partial charge in [0.05, 0.1) is 0 Å². The highest BCUT2D eigenvalue weighted by Crippen LogP contribution is 2.27. The first kappa shape index (κ1) is 15.7. The number of amides is 1. The molecule has 1 amide bonds. The zero-order valence-electron chi connectivity index (χ0n) is 11.5. The Bertz CT molecular complexity index is 657. The molecule has 0 bridgehead atoms. The first-order chi connectivity index (χ1) is 10.3. The number of para-hydroxylation sites is 1. The third-order valence-corrected chi connectivity index (χ3v) is 2.62. The fourth-order valence-corrected chi connectivity index (χ4v) is 1.70. The molecule has 7 heteroatoms. The molecule has 1 N–H and O–H groups in total. The van der Waals surface area contributed by atoms with E-state index in [0.717, 1.165) is 6.07 Å². The number of halogens is 3. The Balaban J connectivity index is 2.02. The lowest BCUT2D eigenvalue weighted by Crippen LogP contribution is -2.18. The molecule has 0 saturated carbocycles. The molecule has 0 fully saturated rings. The molecule has 0 spiro atoms. The Hall–Kier alpha value is -2.70. The van der Waals surface area contributed by atoms with E-state index in [1.807, 2.05) is 0 Å². The van der Waals surface area contributed by atoms with Crippen molar-refractivity contribution in [2.75, 3.05) is 5.32 Å². The molecule has 22 heavy (non-hydrogen) atoms. The quantitative estimate of drug-likeness (QED) is 0.907. The van der Waals surface area contributed by atoms with Gasteiger partial charge in [0.1, 0.15) is 11.5 Å². The molecule has 0 saturated heterocycles. The third kappa shape index (κ3) is 4.69. The van der Waals surface area contributed by atoms with Crippen LogP contribution in [0.3, 0.4) is 0 Å². The number of carbonyl (C=O) groups is 1. The minimum Gasteiger partial charge on any atom is -0.410 e. The summed E-state index contributed by atoms with van der Waals surface area (Å²) in [7, 11) is 0. The molecule has 2 aromatic rings. The van der Waals surface area contributed by atoms with Crippen LogP contribution in [0.15, 0.2) is 48.5 Å². The van der Waals surface area contributed by atoms with E-state index < -0.39 is 12.5 Å². The number of ether oxygens (including phenoxy) is 2. The van der Waals surface area contributed by atoms with Crippen molar-refractivity contribution >= 4 is 11.8 Å². The number of aryl methyl sites for hydroxylation is 1. The van der Waals surface area contributed by atoms with Gasteiger partial charge in [-0.15, -0.1) is 13.2 Å². The number of carbonyl (C=O) groups excluding carboxylic acids is 1. The number of nitrogens with one attached hydrogen (secondary N) is 1. The summed E-state index contributed by atoms with van der Waals surface area (Å²) < 4.78 is 45.2. The summed E-state index contributed by atoms with van der Waals surface area (Å²) >= 11 is 0. The van der Waals surface area contributed by atoms with E-state index in [4.69, 9.17) is 4.74 Å². The number of benzene rings is 2. The number of hydrogen-bond acceptors (Lipinski definition) is 3. The van der Waals surface area contributed by atoms with Crippen LogP contribution in [0.25, 0.3) is 0 Å². The van der Waals surface area contributed by atoms with Crippen LogP contribution >= 0.6 is 0 Å². The molecular weight excluding hydrogens is 299 g/mol. The Morgan fingerprint density at radius 3 is 2.32 bits per heavy atom.